The molecule has 0 spiro atoms. The summed E-state index contributed by atoms with van der Waals surface area (Å²) < 4.78 is 0. The van der Waals surface area contributed by atoms with Crippen molar-refractivity contribution in [1.82, 2.24) is 0 Å². The van der Waals surface area contributed by atoms with Crippen molar-refractivity contribution in [2.75, 3.05) is 0 Å². The van der Waals surface area contributed by atoms with Crippen LogP contribution in [0, 0.1) is 0 Å². The van der Waals surface area contributed by atoms with Crippen LogP contribution in [0.5, 0.6) is 0 Å². The van der Waals surface area contributed by atoms with Crippen LogP contribution in [0.3, 0.4) is 0 Å². The topological polar surface area (TPSA) is 32.6 Å². The van der Waals surface area contributed by atoms with Crippen molar-refractivity contribution in [3.05, 3.63) is 35.4 Å². The van der Waals surface area contributed by atoms with E-state index in [1.165, 1.54) is 50.5 Å². The van der Waals surface area contributed by atoms with Gasteiger partial charge in [0, 0.05) is 5.56 Å². The smallest absolute Gasteiger partial charge is 0.0839 e. The van der Waals surface area contributed by atoms with Gasteiger partial charge in [-0.15, -0.1) is 0 Å². The van der Waals surface area contributed by atoms with Gasteiger partial charge in [0.05, 0.1) is 5.71 Å². The Morgan fingerprint density at radius 1 is 1.00 bits per heavy atom. The maximum atomic E-state index is 8.89. The van der Waals surface area contributed by atoms with Gasteiger partial charge in [-0.3, -0.25) is 0 Å². The van der Waals surface area contributed by atoms with Gasteiger partial charge in [-0.25, -0.2) is 0 Å². The molecule has 0 aliphatic carbocycles. The first-order chi connectivity index (χ1) is 9.29. The Bertz CT molecular complexity index is 385. The Morgan fingerprint density at radius 3 is 2.32 bits per heavy atom. The van der Waals surface area contributed by atoms with Gasteiger partial charge >= 0.3 is 0 Å². The molecule has 0 aliphatic heterocycles. The van der Waals surface area contributed by atoms with Gasteiger partial charge in [-0.2, -0.15) is 0 Å². The Labute approximate surface area is 117 Å². The van der Waals surface area contributed by atoms with Gasteiger partial charge in [0.25, 0.3) is 0 Å². The van der Waals surface area contributed by atoms with E-state index in [0.29, 0.717) is 5.71 Å². The van der Waals surface area contributed by atoms with E-state index in [1.54, 1.807) is 0 Å². The first-order valence-corrected chi connectivity index (χ1v) is 7.56. The molecule has 106 valence electrons. The van der Waals surface area contributed by atoms with Gasteiger partial charge in [-0.05, 0) is 25.3 Å². The molecular weight excluding hydrogens is 234 g/mol. The molecule has 0 amide bonds. The average Bonchev–Trinajstić information content (AvgIpc) is 2.46. The molecule has 1 N–H and O–H groups in total. The van der Waals surface area contributed by atoms with E-state index in [9.17, 15) is 0 Å². The van der Waals surface area contributed by atoms with E-state index in [2.05, 4.69) is 24.2 Å². The highest BCUT2D eigenvalue weighted by Gasteiger charge is 2.04. The minimum atomic E-state index is 0.707. The number of nitrogens with zero attached hydrogens (tertiary/aromatic N) is 1. The van der Waals surface area contributed by atoms with Crippen molar-refractivity contribution < 1.29 is 5.21 Å². The lowest BCUT2D eigenvalue weighted by atomic mass is 9.98. The third-order valence-corrected chi connectivity index (χ3v) is 3.61. The van der Waals surface area contributed by atoms with Crippen LogP contribution in [0.4, 0.5) is 0 Å². The number of benzene rings is 1. The molecular formula is C17H27NO. The minimum Gasteiger partial charge on any atom is -0.411 e. The third-order valence-electron chi connectivity index (χ3n) is 3.61. The molecule has 1 rings (SSSR count). The van der Waals surface area contributed by atoms with E-state index in [1.807, 2.05) is 19.1 Å². The van der Waals surface area contributed by atoms with Crippen molar-refractivity contribution in [1.29, 1.82) is 0 Å². The average molecular weight is 261 g/mol. The Balaban J connectivity index is 2.33. The molecule has 0 aliphatic rings. The Kier molecular flexibility index (Phi) is 7.95. The maximum Gasteiger partial charge on any atom is 0.0839 e. The van der Waals surface area contributed by atoms with Crippen LogP contribution in [0.1, 0.15) is 69.9 Å². The lowest BCUT2D eigenvalue weighted by Crippen LogP contribution is -2.01. The predicted octanol–water partition coefficient (Wildman–Crippen LogP) is 5.18. The molecule has 0 aromatic heterocycles. The molecule has 0 radical (unpaired) electrons. The zero-order valence-corrected chi connectivity index (χ0v) is 12.4. The fraction of sp³-hybridized carbons (Fsp3) is 0.588. The van der Waals surface area contributed by atoms with Gasteiger partial charge < -0.3 is 5.21 Å². The summed E-state index contributed by atoms with van der Waals surface area (Å²) in [5.41, 5.74) is 3.08. The van der Waals surface area contributed by atoms with Crippen molar-refractivity contribution in [3.63, 3.8) is 0 Å². The molecule has 0 fully saturated rings. The molecule has 2 nitrogen and oxygen atoms in total. The SMILES string of the molecule is CCCCCCCCCc1ccccc1/C(C)=N/O. The molecule has 1 aromatic carbocycles. The van der Waals surface area contributed by atoms with Gasteiger partial charge in [0.1, 0.15) is 0 Å². The summed E-state index contributed by atoms with van der Waals surface area (Å²) >= 11 is 0. The Morgan fingerprint density at radius 2 is 1.63 bits per heavy atom. The summed E-state index contributed by atoms with van der Waals surface area (Å²) in [6.07, 6.45) is 10.4. The zero-order chi connectivity index (χ0) is 13.9. The summed E-state index contributed by atoms with van der Waals surface area (Å²) in [4.78, 5) is 0. The van der Waals surface area contributed by atoms with Crippen molar-refractivity contribution in [2.45, 2.75) is 65.2 Å². The molecule has 0 bridgehead atoms. The van der Waals surface area contributed by atoms with Crippen LogP contribution >= 0.6 is 0 Å². The predicted molar refractivity (Wildman–Crippen MR) is 82.1 cm³/mol. The van der Waals surface area contributed by atoms with Crippen LogP contribution in [0.25, 0.3) is 0 Å². The van der Waals surface area contributed by atoms with Gasteiger partial charge in [-0.1, -0.05) is 74.9 Å². The number of oxime groups is 1. The first-order valence-electron chi connectivity index (χ1n) is 7.56. The van der Waals surface area contributed by atoms with Crippen molar-refractivity contribution in [3.8, 4) is 0 Å². The van der Waals surface area contributed by atoms with Crippen LogP contribution in [-0.2, 0) is 6.42 Å². The summed E-state index contributed by atoms with van der Waals surface area (Å²) in [5, 5.41) is 12.2. The number of hydrogen-bond acceptors (Lipinski definition) is 2. The minimum absolute atomic E-state index is 0.707. The summed E-state index contributed by atoms with van der Waals surface area (Å²) in [6.45, 7) is 4.10. The second-order valence-electron chi connectivity index (χ2n) is 5.21. The summed E-state index contributed by atoms with van der Waals surface area (Å²) in [6, 6.07) is 8.23. The highest BCUT2D eigenvalue weighted by molar-refractivity contribution is 5.99. The molecule has 2 heteroatoms. The van der Waals surface area contributed by atoms with Crippen LogP contribution < -0.4 is 0 Å². The number of unbranched alkanes of at least 4 members (excludes halogenated alkanes) is 6. The summed E-state index contributed by atoms with van der Waals surface area (Å²) in [5.74, 6) is 0. The normalized spacial score (nSPS) is 11.8. The second-order valence-corrected chi connectivity index (χ2v) is 5.21. The third kappa shape index (κ3) is 5.91. The standard InChI is InChI=1S/C17H27NO/c1-3-4-5-6-7-8-9-12-16-13-10-11-14-17(16)15(2)18-19/h10-11,13-14,19H,3-9,12H2,1-2H3/b18-15+. The Hall–Kier alpha value is -1.31. The highest BCUT2D eigenvalue weighted by Crippen LogP contribution is 2.15. The molecule has 1 aromatic rings. The zero-order valence-electron chi connectivity index (χ0n) is 12.4. The largest absolute Gasteiger partial charge is 0.411 e. The van der Waals surface area contributed by atoms with E-state index in [4.69, 9.17) is 5.21 Å². The van der Waals surface area contributed by atoms with Gasteiger partial charge in [0.2, 0.25) is 0 Å². The number of aryl methyl sites for hydroxylation is 1. The van der Waals surface area contributed by atoms with Gasteiger partial charge in [0.15, 0.2) is 0 Å². The lowest BCUT2D eigenvalue weighted by Gasteiger charge is -2.08. The fourth-order valence-electron chi connectivity index (χ4n) is 2.42. The van der Waals surface area contributed by atoms with Crippen LogP contribution in [-0.4, -0.2) is 10.9 Å². The van der Waals surface area contributed by atoms with E-state index >= 15 is 0 Å². The first kappa shape index (κ1) is 15.7. The molecule has 0 unspecified atom stereocenters. The van der Waals surface area contributed by atoms with E-state index < -0.39 is 0 Å². The van der Waals surface area contributed by atoms with Crippen molar-refractivity contribution >= 4 is 5.71 Å². The molecule has 0 atom stereocenters. The highest BCUT2D eigenvalue weighted by atomic mass is 16.4. The maximum absolute atomic E-state index is 8.89. The van der Waals surface area contributed by atoms with Crippen molar-refractivity contribution in [2.24, 2.45) is 5.16 Å². The monoisotopic (exact) mass is 261 g/mol. The lowest BCUT2D eigenvalue weighted by molar-refractivity contribution is 0.319. The number of rotatable bonds is 9. The van der Waals surface area contributed by atoms with Crippen LogP contribution in [0.2, 0.25) is 0 Å². The molecule has 19 heavy (non-hydrogen) atoms. The molecule has 0 saturated carbocycles. The summed E-state index contributed by atoms with van der Waals surface area (Å²) in [7, 11) is 0. The molecule has 0 heterocycles. The van der Waals surface area contributed by atoms with E-state index in [0.717, 1.165) is 12.0 Å². The number of hydrogen-bond donors (Lipinski definition) is 1. The molecule has 0 saturated heterocycles. The quantitative estimate of drug-likeness (QED) is 0.282. The second kappa shape index (κ2) is 9.60. The van der Waals surface area contributed by atoms with E-state index in [-0.39, 0.29) is 0 Å². The fourth-order valence-corrected chi connectivity index (χ4v) is 2.42. The van der Waals surface area contributed by atoms with Crippen LogP contribution in [0.15, 0.2) is 29.4 Å².